The lowest BCUT2D eigenvalue weighted by molar-refractivity contribution is 0.332. The molecule has 4 aromatic rings. The Hall–Kier alpha value is -4.21. The van der Waals surface area contributed by atoms with Crippen LogP contribution in [0.1, 0.15) is 39.0 Å². The topological polar surface area (TPSA) is 88.4 Å². The third kappa shape index (κ3) is 7.37. The summed E-state index contributed by atoms with van der Waals surface area (Å²) in [4.78, 5) is 26.7. The molecule has 0 N–H and O–H groups in total. The summed E-state index contributed by atoms with van der Waals surface area (Å²) in [6, 6.07) is 8.12. The van der Waals surface area contributed by atoms with E-state index in [-0.39, 0.29) is 40.4 Å². The lowest BCUT2D eigenvalue weighted by Gasteiger charge is -2.20. The second-order valence-electron chi connectivity index (χ2n) is 10.6. The molecule has 0 amide bonds. The van der Waals surface area contributed by atoms with E-state index in [0.29, 0.717) is 33.3 Å². The van der Waals surface area contributed by atoms with Crippen molar-refractivity contribution in [2.45, 2.75) is 39.0 Å². The first kappa shape index (κ1) is 32.2. The predicted molar refractivity (Wildman–Crippen MR) is 174 cm³/mol. The molecule has 0 atom stereocenters. The zero-order chi connectivity index (χ0) is 31.9. The van der Waals surface area contributed by atoms with Gasteiger partial charge in [-0.1, -0.05) is 54.6 Å². The highest BCUT2D eigenvalue weighted by Gasteiger charge is 2.20. The van der Waals surface area contributed by atoms with Crippen molar-refractivity contribution >= 4 is 23.2 Å². The normalized spacial score (nSPS) is 14.4. The van der Waals surface area contributed by atoms with Crippen LogP contribution in [0.3, 0.4) is 0 Å². The van der Waals surface area contributed by atoms with Crippen molar-refractivity contribution < 1.29 is 18.6 Å². The van der Waals surface area contributed by atoms with Gasteiger partial charge in [-0.15, -0.1) is 0 Å². The van der Waals surface area contributed by atoms with Crippen LogP contribution in [0.5, 0.6) is 17.6 Å². The van der Waals surface area contributed by atoms with Crippen LogP contribution in [-0.2, 0) is 0 Å². The number of rotatable bonds is 10. The number of halogens is 3. The summed E-state index contributed by atoms with van der Waals surface area (Å²) in [5.74, 6) is -0.208. The minimum absolute atomic E-state index is 0.0384. The Bertz CT molecular complexity index is 1790. The second kappa shape index (κ2) is 14.7. The fourth-order valence-corrected chi connectivity index (χ4v) is 5.70. The number of methoxy groups -OCH3 is 2. The Morgan fingerprint density at radius 2 is 1.89 bits per heavy atom. The third-order valence-electron chi connectivity index (χ3n) is 7.70. The molecular formula is C34H33Cl2FN4O4. The van der Waals surface area contributed by atoms with Gasteiger partial charge in [-0.2, -0.15) is 4.98 Å². The summed E-state index contributed by atoms with van der Waals surface area (Å²) in [7, 11) is 2.93. The maximum atomic E-state index is 15.4. The molecule has 5 rings (SSSR count). The molecule has 0 radical (unpaired) electrons. The van der Waals surface area contributed by atoms with Crippen molar-refractivity contribution in [2.24, 2.45) is 5.92 Å². The number of pyridine rings is 2. The molecule has 8 nitrogen and oxygen atoms in total. The Labute approximate surface area is 271 Å². The predicted octanol–water partition coefficient (Wildman–Crippen LogP) is 8.19. The Kier molecular flexibility index (Phi) is 10.5. The van der Waals surface area contributed by atoms with Crippen LogP contribution in [0.4, 0.5) is 4.39 Å². The van der Waals surface area contributed by atoms with Gasteiger partial charge in [0.25, 0.3) is 5.56 Å². The molecule has 1 aliphatic carbocycles. The first-order chi connectivity index (χ1) is 21.8. The highest BCUT2D eigenvalue weighted by Crippen LogP contribution is 2.36. The van der Waals surface area contributed by atoms with Crippen molar-refractivity contribution in [3.05, 3.63) is 99.1 Å². The van der Waals surface area contributed by atoms with E-state index in [9.17, 15) is 4.79 Å². The Morgan fingerprint density at radius 3 is 2.58 bits per heavy atom. The summed E-state index contributed by atoms with van der Waals surface area (Å²) >= 11 is 12.9. The van der Waals surface area contributed by atoms with Gasteiger partial charge in [-0.3, -0.25) is 14.3 Å². The molecule has 1 aromatic carbocycles. The van der Waals surface area contributed by atoms with Gasteiger partial charge >= 0.3 is 6.01 Å². The van der Waals surface area contributed by atoms with E-state index in [1.54, 1.807) is 49.1 Å². The van der Waals surface area contributed by atoms with Gasteiger partial charge < -0.3 is 14.2 Å². The molecule has 0 unspecified atom stereocenters. The molecule has 3 heterocycles. The zero-order valence-electron chi connectivity index (χ0n) is 25.2. The van der Waals surface area contributed by atoms with Gasteiger partial charge in [0.1, 0.15) is 6.61 Å². The SMILES string of the molecule is C/C=C(Cl)\C(=C/C1CCCCC1)COc1cc(-c2cc(-c3cnc(OC)nc3OC)cn(-c3cccnc3)c2=O)cc(Cl)c1F. The van der Waals surface area contributed by atoms with Crippen LogP contribution in [0, 0.1) is 11.7 Å². The van der Waals surface area contributed by atoms with E-state index in [2.05, 4.69) is 21.0 Å². The van der Waals surface area contributed by atoms with E-state index in [1.165, 1.54) is 50.2 Å². The molecule has 0 saturated heterocycles. The van der Waals surface area contributed by atoms with E-state index in [1.807, 2.05) is 6.92 Å². The van der Waals surface area contributed by atoms with Gasteiger partial charge in [0.15, 0.2) is 11.6 Å². The maximum Gasteiger partial charge on any atom is 0.319 e. The zero-order valence-corrected chi connectivity index (χ0v) is 26.7. The molecule has 1 fully saturated rings. The molecule has 234 valence electrons. The van der Waals surface area contributed by atoms with Crippen molar-refractivity contribution in [1.82, 2.24) is 19.5 Å². The van der Waals surface area contributed by atoms with Crippen molar-refractivity contribution in [3.8, 4) is 45.6 Å². The molecule has 11 heteroatoms. The molecule has 1 saturated carbocycles. The molecular weight excluding hydrogens is 618 g/mol. The highest BCUT2D eigenvalue weighted by atomic mass is 35.5. The van der Waals surface area contributed by atoms with Crippen LogP contribution in [0.15, 0.2) is 82.7 Å². The lowest BCUT2D eigenvalue weighted by atomic mass is 9.88. The average molecular weight is 652 g/mol. The van der Waals surface area contributed by atoms with Crippen LogP contribution in [-0.4, -0.2) is 40.3 Å². The average Bonchev–Trinajstić information content (AvgIpc) is 3.08. The molecule has 0 spiro atoms. The lowest BCUT2D eigenvalue weighted by Crippen LogP contribution is -2.20. The number of aromatic nitrogens is 4. The summed E-state index contributed by atoms with van der Waals surface area (Å²) < 4.78 is 33.5. The van der Waals surface area contributed by atoms with Gasteiger partial charge in [0, 0.05) is 40.3 Å². The summed E-state index contributed by atoms with van der Waals surface area (Å²) in [6.45, 7) is 1.88. The second-order valence-corrected chi connectivity index (χ2v) is 11.4. The van der Waals surface area contributed by atoms with Crippen LogP contribution >= 0.6 is 23.2 Å². The molecule has 1 aliphatic rings. The quantitative estimate of drug-likeness (QED) is 0.160. The summed E-state index contributed by atoms with van der Waals surface area (Å²) in [5.41, 5.74) is 2.54. The van der Waals surface area contributed by atoms with E-state index >= 15 is 4.39 Å². The van der Waals surface area contributed by atoms with Gasteiger partial charge in [-0.05, 0) is 61.6 Å². The molecule has 45 heavy (non-hydrogen) atoms. The molecule has 0 bridgehead atoms. The van der Waals surface area contributed by atoms with Gasteiger partial charge in [0.2, 0.25) is 5.88 Å². The standard InChI is InChI=1S/C34H33Cl2FN4O4/c1-4-28(35)24(13-21-9-6-5-7-10-21)20-45-30-16-22(15-29(36)31(30)37)26-14-23(27-18-39-34(44-3)40-32(27)43-2)19-41(33(26)42)25-11-8-12-38-17-25/h4,8,11-19,21H,5-7,9-10,20H2,1-3H3/b24-13-,28-4+. The smallest absolute Gasteiger partial charge is 0.319 e. The number of benzene rings is 1. The van der Waals surface area contributed by atoms with Crippen molar-refractivity contribution in [1.29, 1.82) is 0 Å². The molecule has 3 aromatic heterocycles. The van der Waals surface area contributed by atoms with Crippen molar-refractivity contribution in [2.75, 3.05) is 20.8 Å². The summed E-state index contributed by atoms with van der Waals surface area (Å²) in [6.07, 6.45) is 16.0. The third-order valence-corrected chi connectivity index (χ3v) is 8.43. The first-order valence-electron chi connectivity index (χ1n) is 14.6. The largest absolute Gasteiger partial charge is 0.486 e. The first-order valence-corrected chi connectivity index (χ1v) is 15.4. The number of ether oxygens (including phenoxy) is 3. The van der Waals surface area contributed by atoms with E-state index in [4.69, 9.17) is 37.4 Å². The Morgan fingerprint density at radius 1 is 1.09 bits per heavy atom. The monoisotopic (exact) mass is 650 g/mol. The van der Waals surface area contributed by atoms with Crippen LogP contribution < -0.4 is 19.8 Å². The highest BCUT2D eigenvalue weighted by molar-refractivity contribution is 6.32. The van der Waals surface area contributed by atoms with E-state index < -0.39 is 5.82 Å². The van der Waals surface area contributed by atoms with Gasteiger partial charge in [-0.25, -0.2) is 9.37 Å². The summed E-state index contributed by atoms with van der Waals surface area (Å²) in [5, 5.41) is 0.353. The molecule has 0 aliphatic heterocycles. The van der Waals surface area contributed by atoms with E-state index in [0.717, 1.165) is 18.4 Å². The van der Waals surface area contributed by atoms with Crippen LogP contribution in [0.25, 0.3) is 27.9 Å². The number of nitrogens with zero attached hydrogens (tertiary/aromatic N) is 4. The number of hydrogen-bond acceptors (Lipinski definition) is 7. The van der Waals surface area contributed by atoms with Crippen molar-refractivity contribution in [3.63, 3.8) is 0 Å². The minimum atomic E-state index is -0.733. The van der Waals surface area contributed by atoms with Gasteiger partial charge in [0.05, 0.1) is 36.7 Å². The fraction of sp³-hybridized carbons (Fsp3) is 0.294. The Balaban J connectivity index is 1.60. The minimum Gasteiger partial charge on any atom is -0.486 e. The fourth-order valence-electron chi connectivity index (χ4n) is 5.37. The number of allylic oxidation sites excluding steroid dienone is 2. The number of hydrogen-bond donors (Lipinski definition) is 0. The maximum absolute atomic E-state index is 15.4. The van der Waals surface area contributed by atoms with Crippen LogP contribution in [0.2, 0.25) is 5.02 Å².